The number of carbonyl (C=O) groups excluding carboxylic acids is 1. The molecule has 2 rings (SSSR count). The van der Waals surface area contributed by atoms with Gasteiger partial charge in [-0.15, -0.1) is 0 Å². The number of nitrogens with one attached hydrogen (secondary N) is 1. The summed E-state index contributed by atoms with van der Waals surface area (Å²) in [6, 6.07) is 6.65. The number of amides is 1. The van der Waals surface area contributed by atoms with E-state index in [1.807, 2.05) is 0 Å². The lowest BCUT2D eigenvalue weighted by atomic mass is 10.2. The lowest BCUT2D eigenvalue weighted by molar-refractivity contribution is 0.102. The molecule has 0 saturated carbocycles. The number of rotatable bonds is 3. The normalized spacial score (nSPS) is 10.1. The molecule has 0 atom stereocenters. The van der Waals surface area contributed by atoms with Crippen molar-refractivity contribution in [1.82, 2.24) is 9.97 Å². The minimum Gasteiger partial charge on any atom is -0.497 e. The number of nitrogens with zero attached hydrogens (tertiary/aromatic N) is 2. The van der Waals surface area contributed by atoms with Crippen LogP contribution in [0.2, 0.25) is 10.4 Å². The van der Waals surface area contributed by atoms with Crippen LogP contribution < -0.4 is 10.1 Å². The van der Waals surface area contributed by atoms with Crippen LogP contribution in [-0.2, 0) is 0 Å². The zero-order valence-corrected chi connectivity index (χ0v) is 11.4. The molecule has 0 fully saturated rings. The molecule has 0 bridgehead atoms. The van der Waals surface area contributed by atoms with Gasteiger partial charge in [0, 0.05) is 5.56 Å². The molecule has 1 amide bonds. The fourth-order valence-electron chi connectivity index (χ4n) is 1.36. The molecular weight excluding hydrogens is 289 g/mol. The van der Waals surface area contributed by atoms with Crippen LogP contribution in [0, 0.1) is 0 Å². The van der Waals surface area contributed by atoms with Crippen molar-refractivity contribution in [2.24, 2.45) is 0 Å². The highest BCUT2D eigenvalue weighted by molar-refractivity contribution is 6.34. The van der Waals surface area contributed by atoms with Gasteiger partial charge in [-0.3, -0.25) is 4.79 Å². The van der Waals surface area contributed by atoms with Gasteiger partial charge in [0.1, 0.15) is 5.75 Å². The van der Waals surface area contributed by atoms with Gasteiger partial charge in [0.2, 0.25) is 5.28 Å². The first-order valence-electron chi connectivity index (χ1n) is 5.23. The minimum absolute atomic E-state index is 0.0208. The highest BCUT2D eigenvalue weighted by atomic mass is 35.5. The maximum atomic E-state index is 12.0. The molecule has 98 valence electrons. The van der Waals surface area contributed by atoms with E-state index in [-0.39, 0.29) is 16.3 Å². The molecule has 7 heteroatoms. The van der Waals surface area contributed by atoms with Crippen LogP contribution >= 0.6 is 23.2 Å². The molecule has 0 radical (unpaired) electrons. The molecule has 0 aliphatic rings. The fourth-order valence-corrected chi connectivity index (χ4v) is 1.71. The molecule has 0 aliphatic carbocycles. The fraction of sp³-hybridized carbons (Fsp3) is 0.0833. The van der Waals surface area contributed by atoms with Crippen molar-refractivity contribution in [3.63, 3.8) is 0 Å². The van der Waals surface area contributed by atoms with Gasteiger partial charge in [-0.25, -0.2) is 9.97 Å². The zero-order chi connectivity index (χ0) is 13.8. The Labute approximate surface area is 119 Å². The van der Waals surface area contributed by atoms with E-state index in [0.29, 0.717) is 17.0 Å². The standard InChI is InChI=1S/C12H9Cl2N3O2/c1-19-8-4-2-7(3-5-8)11(18)16-9-6-15-12(14)17-10(9)13/h2-6H,1H3,(H,16,18). The van der Waals surface area contributed by atoms with Gasteiger partial charge in [-0.2, -0.15) is 0 Å². The van der Waals surface area contributed by atoms with Gasteiger partial charge in [0.15, 0.2) is 5.15 Å². The van der Waals surface area contributed by atoms with Crippen molar-refractivity contribution >= 4 is 34.8 Å². The summed E-state index contributed by atoms with van der Waals surface area (Å²) in [4.78, 5) is 19.4. The Balaban J connectivity index is 2.15. The van der Waals surface area contributed by atoms with Crippen molar-refractivity contribution in [2.45, 2.75) is 0 Å². The number of hydrogen-bond donors (Lipinski definition) is 1. The van der Waals surface area contributed by atoms with Crippen molar-refractivity contribution < 1.29 is 9.53 Å². The van der Waals surface area contributed by atoms with Crippen LogP contribution in [0.4, 0.5) is 5.69 Å². The molecular formula is C12H9Cl2N3O2. The second-order valence-electron chi connectivity index (χ2n) is 3.53. The van der Waals surface area contributed by atoms with Crippen LogP contribution in [0.3, 0.4) is 0 Å². The molecule has 0 spiro atoms. The molecule has 19 heavy (non-hydrogen) atoms. The number of halogens is 2. The quantitative estimate of drug-likeness (QED) is 0.698. The van der Waals surface area contributed by atoms with Gasteiger partial charge >= 0.3 is 0 Å². The predicted octanol–water partition coefficient (Wildman–Crippen LogP) is 3.04. The summed E-state index contributed by atoms with van der Waals surface area (Å²) in [6.45, 7) is 0. The average molecular weight is 298 g/mol. The third-order valence-electron chi connectivity index (χ3n) is 2.31. The summed E-state index contributed by atoms with van der Waals surface area (Å²) in [5.74, 6) is 0.347. The summed E-state index contributed by atoms with van der Waals surface area (Å²) < 4.78 is 5.01. The molecule has 1 aromatic heterocycles. The first-order valence-corrected chi connectivity index (χ1v) is 5.99. The summed E-state index contributed by atoms with van der Waals surface area (Å²) in [5.41, 5.74) is 0.763. The van der Waals surface area contributed by atoms with Gasteiger partial charge in [0.05, 0.1) is 19.0 Å². The number of aromatic nitrogens is 2. The van der Waals surface area contributed by atoms with E-state index in [2.05, 4.69) is 15.3 Å². The lowest BCUT2D eigenvalue weighted by Gasteiger charge is -2.06. The van der Waals surface area contributed by atoms with E-state index in [4.69, 9.17) is 27.9 Å². The van der Waals surface area contributed by atoms with Crippen LogP contribution in [-0.4, -0.2) is 23.0 Å². The van der Waals surface area contributed by atoms with Crippen LogP contribution in [0.1, 0.15) is 10.4 Å². The van der Waals surface area contributed by atoms with Crippen LogP contribution in [0.15, 0.2) is 30.5 Å². The third kappa shape index (κ3) is 3.33. The molecule has 5 nitrogen and oxygen atoms in total. The van der Waals surface area contributed by atoms with E-state index in [1.165, 1.54) is 6.20 Å². The van der Waals surface area contributed by atoms with E-state index >= 15 is 0 Å². The highest BCUT2D eigenvalue weighted by Crippen LogP contribution is 2.20. The van der Waals surface area contributed by atoms with Crippen molar-refractivity contribution in [3.05, 3.63) is 46.5 Å². The average Bonchev–Trinajstić information content (AvgIpc) is 2.42. The number of carbonyl (C=O) groups is 1. The number of methoxy groups -OCH3 is 1. The Morgan fingerprint density at radius 3 is 2.53 bits per heavy atom. The Bertz CT molecular complexity index is 602. The second kappa shape index (κ2) is 5.86. The van der Waals surface area contributed by atoms with Gasteiger partial charge in [-0.1, -0.05) is 11.6 Å². The molecule has 2 aromatic rings. The van der Waals surface area contributed by atoms with E-state index in [9.17, 15) is 4.79 Å². The largest absolute Gasteiger partial charge is 0.497 e. The summed E-state index contributed by atoms with van der Waals surface area (Å²) in [5, 5.41) is 2.70. The number of hydrogen-bond acceptors (Lipinski definition) is 4. The number of benzene rings is 1. The second-order valence-corrected chi connectivity index (χ2v) is 4.22. The maximum Gasteiger partial charge on any atom is 0.255 e. The SMILES string of the molecule is COc1ccc(C(=O)Nc2cnc(Cl)nc2Cl)cc1. The Morgan fingerprint density at radius 1 is 1.26 bits per heavy atom. The zero-order valence-electron chi connectivity index (χ0n) is 9.85. The highest BCUT2D eigenvalue weighted by Gasteiger charge is 2.10. The molecule has 0 unspecified atom stereocenters. The summed E-state index contributed by atoms with van der Waals surface area (Å²) >= 11 is 11.4. The van der Waals surface area contributed by atoms with Crippen molar-refractivity contribution in [2.75, 3.05) is 12.4 Å². The van der Waals surface area contributed by atoms with Gasteiger partial charge in [-0.05, 0) is 35.9 Å². The van der Waals surface area contributed by atoms with E-state index in [0.717, 1.165) is 0 Å². The minimum atomic E-state index is -0.324. The van der Waals surface area contributed by atoms with E-state index < -0.39 is 0 Å². The topological polar surface area (TPSA) is 64.1 Å². The Kier molecular flexibility index (Phi) is 4.19. The molecule has 0 aliphatic heterocycles. The first-order chi connectivity index (χ1) is 9.10. The molecule has 1 heterocycles. The molecule has 0 saturated heterocycles. The first kappa shape index (κ1) is 13.6. The van der Waals surface area contributed by atoms with Crippen LogP contribution in [0.5, 0.6) is 5.75 Å². The third-order valence-corrected chi connectivity index (χ3v) is 2.78. The molecule has 1 N–H and O–H groups in total. The number of anilines is 1. The Hall–Kier alpha value is -1.85. The van der Waals surface area contributed by atoms with Gasteiger partial charge in [0.25, 0.3) is 5.91 Å². The van der Waals surface area contributed by atoms with Crippen LogP contribution in [0.25, 0.3) is 0 Å². The summed E-state index contributed by atoms with van der Waals surface area (Å²) in [7, 11) is 1.56. The lowest BCUT2D eigenvalue weighted by Crippen LogP contribution is -2.12. The molecule has 1 aromatic carbocycles. The summed E-state index contributed by atoms with van der Waals surface area (Å²) in [6.07, 6.45) is 1.35. The van der Waals surface area contributed by atoms with Gasteiger partial charge < -0.3 is 10.1 Å². The number of ether oxygens (including phenoxy) is 1. The predicted molar refractivity (Wildman–Crippen MR) is 73.0 cm³/mol. The van der Waals surface area contributed by atoms with Crippen molar-refractivity contribution in [1.29, 1.82) is 0 Å². The van der Waals surface area contributed by atoms with E-state index in [1.54, 1.807) is 31.4 Å². The van der Waals surface area contributed by atoms with Crippen molar-refractivity contribution in [3.8, 4) is 5.75 Å². The monoisotopic (exact) mass is 297 g/mol. The maximum absolute atomic E-state index is 12.0. The Morgan fingerprint density at radius 2 is 1.95 bits per heavy atom. The smallest absolute Gasteiger partial charge is 0.255 e.